The van der Waals surface area contributed by atoms with Crippen LogP contribution >= 0.6 is 0 Å². The molecule has 1 aliphatic heterocycles. The second-order valence-electron chi connectivity index (χ2n) is 6.04. The fraction of sp³-hybridized carbons (Fsp3) is 0.529. The van der Waals surface area contributed by atoms with E-state index in [1.807, 2.05) is 0 Å². The highest BCUT2D eigenvalue weighted by atomic mass is 16.5. The van der Waals surface area contributed by atoms with Gasteiger partial charge in [-0.1, -0.05) is 19.3 Å². The van der Waals surface area contributed by atoms with Crippen LogP contribution in [0.5, 0.6) is 5.75 Å². The van der Waals surface area contributed by atoms with Crippen molar-refractivity contribution in [2.75, 3.05) is 18.6 Å². The summed E-state index contributed by atoms with van der Waals surface area (Å²) in [6, 6.07) is 5.56. The lowest BCUT2D eigenvalue weighted by Crippen LogP contribution is -2.36. The maximum atomic E-state index is 12.4. The van der Waals surface area contributed by atoms with Crippen LogP contribution in [0.4, 0.5) is 5.69 Å². The molecule has 0 atom stereocenters. The molecule has 0 aromatic heterocycles. The van der Waals surface area contributed by atoms with Gasteiger partial charge in [0.25, 0.3) is 5.91 Å². The van der Waals surface area contributed by atoms with Gasteiger partial charge in [0.1, 0.15) is 5.75 Å². The number of carbonyl (C=O) groups excluding carboxylic acids is 2. The predicted octanol–water partition coefficient (Wildman–Crippen LogP) is 2.49. The highest BCUT2D eigenvalue weighted by molar-refractivity contribution is 5.99. The minimum atomic E-state index is -0.0696. The zero-order chi connectivity index (χ0) is 15.5. The molecule has 0 spiro atoms. The fourth-order valence-corrected chi connectivity index (χ4v) is 3.11. The summed E-state index contributed by atoms with van der Waals surface area (Å²) in [5, 5.41) is 3.10. The van der Waals surface area contributed by atoms with E-state index in [4.69, 9.17) is 4.74 Å². The van der Waals surface area contributed by atoms with Crippen LogP contribution in [-0.2, 0) is 4.79 Å². The van der Waals surface area contributed by atoms with E-state index in [1.165, 1.54) is 19.3 Å². The largest absolute Gasteiger partial charge is 0.491 e. The average molecular weight is 302 g/mol. The standard InChI is InChI=1S/C17H22N2O3/c1-19-14-11-12(7-8-15(14)22-10-9-16(19)20)17(21)18-13-5-3-2-4-6-13/h7-8,11,13H,2-6,9-10H2,1H3,(H,18,21). The van der Waals surface area contributed by atoms with Crippen LogP contribution in [0.15, 0.2) is 18.2 Å². The number of hydrogen-bond acceptors (Lipinski definition) is 3. The summed E-state index contributed by atoms with van der Waals surface area (Å²) < 4.78 is 5.58. The Morgan fingerprint density at radius 1 is 1.27 bits per heavy atom. The Balaban J connectivity index is 1.78. The number of anilines is 1. The van der Waals surface area contributed by atoms with Crippen molar-refractivity contribution in [3.8, 4) is 5.75 Å². The number of nitrogens with zero attached hydrogens (tertiary/aromatic N) is 1. The molecule has 2 amide bonds. The molecule has 0 unspecified atom stereocenters. The summed E-state index contributed by atoms with van der Waals surface area (Å²) >= 11 is 0. The van der Waals surface area contributed by atoms with Gasteiger partial charge >= 0.3 is 0 Å². The molecule has 5 nitrogen and oxygen atoms in total. The van der Waals surface area contributed by atoms with Gasteiger partial charge in [0.05, 0.1) is 18.7 Å². The molecule has 1 saturated carbocycles. The topological polar surface area (TPSA) is 58.6 Å². The Hall–Kier alpha value is -2.04. The van der Waals surface area contributed by atoms with Gasteiger partial charge in [0, 0.05) is 18.7 Å². The lowest BCUT2D eigenvalue weighted by atomic mass is 9.95. The zero-order valence-electron chi connectivity index (χ0n) is 12.9. The fourth-order valence-electron chi connectivity index (χ4n) is 3.11. The Morgan fingerprint density at radius 2 is 2.05 bits per heavy atom. The monoisotopic (exact) mass is 302 g/mol. The summed E-state index contributed by atoms with van der Waals surface area (Å²) in [5.41, 5.74) is 1.24. The molecule has 0 saturated heterocycles. The minimum Gasteiger partial charge on any atom is -0.491 e. The Morgan fingerprint density at radius 3 is 2.82 bits per heavy atom. The van der Waals surface area contributed by atoms with Gasteiger partial charge < -0.3 is 15.0 Å². The Bertz CT molecular complexity index is 579. The maximum absolute atomic E-state index is 12.4. The lowest BCUT2D eigenvalue weighted by Gasteiger charge is -2.23. The number of nitrogens with one attached hydrogen (secondary N) is 1. The molecule has 1 aromatic rings. The van der Waals surface area contributed by atoms with Crippen LogP contribution in [0.2, 0.25) is 0 Å². The van der Waals surface area contributed by atoms with Gasteiger partial charge in [-0.2, -0.15) is 0 Å². The van der Waals surface area contributed by atoms with E-state index in [-0.39, 0.29) is 17.9 Å². The van der Waals surface area contributed by atoms with Gasteiger partial charge in [0.15, 0.2) is 0 Å². The lowest BCUT2D eigenvalue weighted by molar-refractivity contribution is -0.118. The highest BCUT2D eigenvalue weighted by Crippen LogP contribution is 2.31. The third-order valence-corrected chi connectivity index (χ3v) is 4.47. The minimum absolute atomic E-state index is 0.00332. The van der Waals surface area contributed by atoms with E-state index in [9.17, 15) is 9.59 Å². The third kappa shape index (κ3) is 3.08. The molecule has 118 valence electrons. The van der Waals surface area contributed by atoms with Crippen molar-refractivity contribution >= 4 is 17.5 Å². The second-order valence-corrected chi connectivity index (χ2v) is 6.04. The molecule has 1 N–H and O–H groups in total. The van der Waals surface area contributed by atoms with Crippen LogP contribution < -0.4 is 15.0 Å². The smallest absolute Gasteiger partial charge is 0.251 e. The van der Waals surface area contributed by atoms with Gasteiger partial charge in [-0.3, -0.25) is 9.59 Å². The molecule has 2 aliphatic rings. The first-order valence-electron chi connectivity index (χ1n) is 7.99. The van der Waals surface area contributed by atoms with Crippen molar-refractivity contribution < 1.29 is 14.3 Å². The van der Waals surface area contributed by atoms with Crippen LogP contribution in [-0.4, -0.2) is 31.5 Å². The van der Waals surface area contributed by atoms with Crippen molar-refractivity contribution in [3.05, 3.63) is 23.8 Å². The number of hydrogen-bond donors (Lipinski definition) is 1. The van der Waals surface area contributed by atoms with Crippen molar-refractivity contribution in [2.45, 2.75) is 44.6 Å². The summed E-state index contributed by atoms with van der Waals surface area (Å²) in [5.74, 6) is 0.589. The van der Waals surface area contributed by atoms with E-state index in [0.717, 1.165) is 12.8 Å². The second kappa shape index (κ2) is 6.38. The molecular formula is C17H22N2O3. The molecule has 1 aromatic carbocycles. The number of fused-ring (bicyclic) bond motifs is 1. The first kappa shape index (κ1) is 14.9. The summed E-state index contributed by atoms with van der Waals surface area (Å²) in [7, 11) is 1.72. The van der Waals surface area contributed by atoms with Gasteiger partial charge in [-0.05, 0) is 31.0 Å². The predicted molar refractivity (Wildman–Crippen MR) is 84.3 cm³/mol. The number of ether oxygens (including phenoxy) is 1. The number of carbonyl (C=O) groups is 2. The van der Waals surface area contributed by atoms with E-state index in [2.05, 4.69) is 5.32 Å². The molecule has 1 heterocycles. The molecule has 5 heteroatoms. The van der Waals surface area contributed by atoms with Crippen LogP contribution in [0.25, 0.3) is 0 Å². The van der Waals surface area contributed by atoms with E-state index >= 15 is 0 Å². The molecule has 0 radical (unpaired) electrons. The Labute approximate surface area is 130 Å². The van der Waals surface area contributed by atoms with Crippen molar-refractivity contribution in [1.29, 1.82) is 0 Å². The first-order chi connectivity index (χ1) is 10.6. The SMILES string of the molecule is CN1C(=O)CCOc2ccc(C(=O)NC3CCCCC3)cc21. The summed E-state index contributed by atoms with van der Waals surface area (Å²) in [6.07, 6.45) is 6.08. The van der Waals surface area contributed by atoms with Crippen molar-refractivity contribution in [1.82, 2.24) is 5.32 Å². The normalized spacial score (nSPS) is 19.1. The van der Waals surface area contributed by atoms with Crippen molar-refractivity contribution in [3.63, 3.8) is 0 Å². The highest BCUT2D eigenvalue weighted by Gasteiger charge is 2.22. The molecule has 3 rings (SSSR count). The van der Waals surface area contributed by atoms with Gasteiger partial charge in [-0.25, -0.2) is 0 Å². The number of benzene rings is 1. The van der Waals surface area contributed by atoms with E-state index in [1.54, 1.807) is 30.1 Å². The van der Waals surface area contributed by atoms with Crippen LogP contribution in [0.1, 0.15) is 48.9 Å². The molecule has 1 fully saturated rings. The van der Waals surface area contributed by atoms with Crippen LogP contribution in [0.3, 0.4) is 0 Å². The number of amides is 2. The maximum Gasteiger partial charge on any atom is 0.251 e. The average Bonchev–Trinajstić information content (AvgIpc) is 2.68. The van der Waals surface area contributed by atoms with E-state index in [0.29, 0.717) is 30.0 Å². The van der Waals surface area contributed by atoms with Crippen LogP contribution in [0, 0.1) is 0 Å². The van der Waals surface area contributed by atoms with Crippen molar-refractivity contribution in [2.24, 2.45) is 0 Å². The third-order valence-electron chi connectivity index (χ3n) is 4.47. The first-order valence-corrected chi connectivity index (χ1v) is 7.99. The molecule has 22 heavy (non-hydrogen) atoms. The summed E-state index contributed by atoms with van der Waals surface area (Å²) in [4.78, 5) is 25.9. The molecule has 1 aliphatic carbocycles. The molecule has 0 bridgehead atoms. The van der Waals surface area contributed by atoms with Gasteiger partial charge in [-0.15, -0.1) is 0 Å². The van der Waals surface area contributed by atoms with Gasteiger partial charge in [0.2, 0.25) is 5.91 Å². The van der Waals surface area contributed by atoms with E-state index < -0.39 is 0 Å². The quantitative estimate of drug-likeness (QED) is 0.913. The number of rotatable bonds is 2. The Kier molecular flexibility index (Phi) is 4.32. The molecular weight excluding hydrogens is 280 g/mol. The summed E-state index contributed by atoms with van der Waals surface area (Å²) in [6.45, 7) is 0.379. The zero-order valence-corrected chi connectivity index (χ0v) is 12.9.